The zero-order valence-electron chi connectivity index (χ0n) is 8.07. The zero-order valence-corrected chi connectivity index (χ0v) is 8.07. The van der Waals surface area contributed by atoms with Gasteiger partial charge in [0.25, 0.3) is 0 Å². The largest absolute Gasteiger partial charge is 0.456 e. The van der Waals surface area contributed by atoms with Crippen LogP contribution in [-0.2, 0) is 14.3 Å². The first-order chi connectivity index (χ1) is 6.75. The summed E-state index contributed by atoms with van der Waals surface area (Å²) < 4.78 is 10.4. The molecular formula is C10H15NO3. The van der Waals surface area contributed by atoms with Gasteiger partial charge in [0.05, 0.1) is 13.2 Å². The highest BCUT2D eigenvalue weighted by Gasteiger charge is 2.25. The van der Waals surface area contributed by atoms with Gasteiger partial charge in [0.2, 0.25) is 0 Å². The fraction of sp³-hybridized carbons (Fsp3) is 0.700. The molecule has 0 amide bonds. The molecule has 0 radical (unpaired) electrons. The van der Waals surface area contributed by atoms with Gasteiger partial charge in [-0.05, 0) is 12.8 Å². The lowest BCUT2D eigenvalue weighted by Crippen LogP contribution is -2.21. The Morgan fingerprint density at radius 2 is 2.50 bits per heavy atom. The average Bonchev–Trinajstić information content (AvgIpc) is 2.75. The van der Waals surface area contributed by atoms with Crippen molar-refractivity contribution in [2.24, 2.45) is 5.73 Å². The van der Waals surface area contributed by atoms with Crippen molar-refractivity contribution >= 4 is 5.97 Å². The molecule has 0 saturated carbocycles. The van der Waals surface area contributed by atoms with E-state index >= 15 is 0 Å². The lowest BCUT2D eigenvalue weighted by atomic mass is 10.2. The Labute approximate surface area is 83.1 Å². The summed E-state index contributed by atoms with van der Waals surface area (Å²) in [5.74, 6) is -0.214. The monoisotopic (exact) mass is 197 g/mol. The molecule has 0 spiro atoms. The van der Waals surface area contributed by atoms with Crippen LogP contribution in [0, 0.1) is 0 Å². The molecule has 2 rings (SSSR count). The van der Waals surface area contributed by atoms with Crippen molar-refractivity contribution in [2.75, 3.05) is 13.2 Å². The highest BCUT2D eigenvalue weighted by atomic mass is 16.6. The smallest absolute Gasteiger partial charge is 0.334 e. The summed E-state index contributed by atoms with van der Waals surface area (Å²) in [5.41, 5.74) is 6.41. The Bertz CT molecular complexity index is 256. The third-order valence-corrected chi connectivity index (χ3v) is 2.57. The summed E-state index contributed by atoms with van der Waals surface area (Å²) in [6.45, 7) is 1.22. The number of esters is 1. The Kier molecular flexibility index (Phi) is 2.84. The van der Waals surface area contributed by atoms with Crippen molar-refractivity contribution in [2.45, 2.75) is 31.4 Å². The summed E-state index contributed by atoms with van der Waals surface area (Å²) in [7, 11) is 0. The van der Waals surface area contributed by atoms with Crippen molar-refractivity contribution < 1.29 is 14.3 Å². The van der Waals surface area contributed by atoms with Gasteiger partial charge in [0, 0.05) is 18.0 Å². The van der Waals surface area contributed by atoms with Gasteiger partial charge in [0.1, 0.15) is 6.10 Å². The number of hydrogen-bond donors (Lipinski definition) is 1. The molecule has 0 aromatic carbocycles. The maximum atomic E-state index is 11.5. The predicted octanol–water partition coefficient (Wildman–Crippen LogP) is 0.366. The molecule has 1 heterocycles. The molecule has 4 nitrogen and oxygen atoms in total. The van der Waals surface area contributed by atoms with E-state index < -0.39 is 0 Å². The van der Waals surface area contributed by atoms with Gasteiger partial charge in [-0.3, -0.25) is 0 Å². The van der Waals surface area contributed by atoms with Crippen LogP contribution in [0.2, 0.25) is 0 Å². The molecule has 1 saturated heterocycles. The van der Waals surface area contributed by atoms with E-state index in [2.05, 4.69) is 0 Å². The number of carbonyl (C=O) groups is 1. The molecule has 0 aromatic rings. The van der Waals surface area contributed by atoms with Crippen LogP contribution in [-0.4, -0.2) is 31.3 Å². The van der Waals surface area contributed by atoms with Gasteiger partial charge in [0.15, 0.2) is 0 Å². The average molecular weight is 197 g/mol. The quantitative estimate of drug-likeness (QED) is 0.649. The standard InChI is InChI=1S/C10H15NO3/c11-8-2-1-7(5-8)10(12)14-9-3-4-13-6-9/h1,8-9H,2-6,11H2. The third-order valence-electron chi connectivity index (χ3n) is 2.57. The van der Waals surface area contributed by atoms with Crippen LogP contribution in [0.25, 0.3) is 0 Å². The van der Waals surface area contributed by atoms with E-state index in [0.29, 0.717) is 19.6 Å². The number of rotatable bonds is 2. The predicted molar refractivity (Wildman–Crippen MR) is 50.6 cm³/mol. The minimum Gasteiger partial charge on any atom is -0.456 e. The summed E-state index contributed by atoms with van der Waals surface area (Å²) in [6.07, 6.45) is 4.06. The van der Waals surface area contributed by atoms with E-state index in [4.69, 9.17) is 15.2 Å². The fourth-order valence-electron chi connectivity index (χ4n) is 1.74. The molecule has 4 heteroatoms. The van der Waals surface area contributed by atoms with Crippen LogP contribution < -0.4 is 5.73 Å². The first-order valence-electron chi connectivity index (χ1n) is 4.99. The molecule has 2 atom stereocenters. The molecule has 1 aliphatic heterocycles. The fourth-order valence-corrected chi connectivity index (χ4v) is 1.74. The lowest BCUT2D eigenvalue weighted by molar-refractivity contribution is -0.144. The van der Waals surface area contributed by atoms with Crippen molar-refractivity contribution in [3.05, 3.63) is 11.6 Å². The molecule has 1 aliphatic carbocycles. The second-order valence-corrected chi connectivity index (χ2v) is 3.82. The molecule has 0 bridgehead atoms. The lowest BCUT2D eigenvalue weighted by Gasteiger charge is -2.10. The van der Waals surface area contributed by atoms with Gasteiger partial charge in [-0.25, -0.2) is 4.79 Å². The van der Waals surface area contributed by atoms with Gasteiger partial charge in [-0.2, -0.15) is 0 Å². The number of nitrogens with two attached hydrogens (primary N) is 1. The van der Waals surface area contributed by atoms with E-state index in [1.54, 1.807) is 0 Å². The van der Waals surface area contributed by atoms with Gasteiger partial charge in [-0.1, -0.05) is 6.08 Å². The van der Waals surface area contributed by atoms with Crippen LogP contribution in [0.15, 0.2) is 11.6 Å². The Hall–Kier alpha value is -0.870. The summed E-state index contributed by atoms with van der Waals surface area (Å²) in [4.78, 5) is 11.5. The minimum atomic E-state index is -0.214. The van der Waals surface area contributed by atoms with Crippen LogP contribution in [0.5, 0.6) is 0 Å². The topological polar surface area (TPSA) is 61.6 Å². The second-order valence-electron chi connectivity index (χ2n) is 3.82. The molecule has 0 aromatic heterocycles. The molecule has 2 N–H and O–H groups in total. The SMILES string of the molecule is NC1CC=C(C(=O)OC2CCOC2)C1. The van der Waals surface area contributed by atoms with E-state index in [9.17, 15) is 4.79 Å². The minimum absolute atomic E-state index is 0.0553. The van der Waals surface area contributed by atoms with Crippen molar-refractivity contribution in [1.29, 1.82) is 0 Å². The van der Waals surface area contributed by atoms with Crippen LogP contribution >= 0.6 is 0 Å². The van der Waals surface area contributed by atoms with Gasteiger partial charge in [-0.15, -0.1) is 0 Å². The maximum Gasteiger partial charge on any atom is 0.334 e. The number of carbonyl (C=O) groups excluding carboxylic acids is 1. The molecule has 78 valence electrons. The Balaban J connectivity index is 1.83. The number of hydrogen-bond acceptors (Lipinski definition) is 4. The summed E-state index contributed by atoms with van der Waals surface area (Å²) in [5, 5.41) is 0. The highest BCUT2D eigenvalue weighted by Crippen LogP contribution is 2.20. The van der Waals surface area contributed by atoms with Crippen LogP contribution in [0.1, 0.15) is 19.3 Å². The number of ether oxygens (including phenoxy) is 2. The van der Waals surface area contributed by atoms with E-state index in [0.717, 1.165) is 18.4 Å². The van der Waals surface area contributed by atoms with E-state index in [1.165, 1.54) is 0 Å². The molecule has 1 fully saturated rings. The molecule has 14 heavy (non-hydrogen) atoms. The first kappa shape index (κ1) is 9.68. The Morgan fingerprint density at radius 3 is 3.07 bits per heavy atom. The third kappa shape index (κ3) is 2.13. The molecular weight excluding hydrogens is 182 g/mol. The van der Waals surface area contributed by atoms with Crippen molar-refractivity contribution in [3.63, 3.8) is 0 Å². The van der Waals surface area contributed by atoms with E-state index in [-0.39, 0.29) is 18.1 Å². The highest BCUT2D eigenvalue weighted by molar-refractivity contribution is 5.89. The summed E-state index contributed by atoms with van der Waals surface area (Å²) in [6, 6.07) is 0.0948. The normalized spacial score (nSPS) is 31.6. The van der Waals surface area contributed by atoms with Crippen molar-refractivity contribution in [1.82, 2.24) is 0 Å². The molecule has 2 unspecified atom stereocenters. The summed E-state index contributed by atoms with van der Waals surface area (Å²) >= 11 is 0. The van der Waals surface area contributed by atoms with Crippen molar-refractivity contribution in [3.8, 4) is 0 Å². The van der Waals surface area contributed by atoms with E-state index in [1.807, 2.05) is 6.08 Å². The Morgan fingerprint density at radius 1 is 1.64 bits per heavy atom. The maximum absolute atomic E-state index is 11.5. The molecule has 2 aliphatic rings. The van der Waals surface area contributed by atoms with Crippen LogP contribution in [0.4, 0.5) is 0 Å². The second kappa shape index (κ2) is 4.11. The zero-order chi connectivity index (χ0) is 9.97. The van der Waals surface area contributed by atoms with Gasteiger partial charge >= 0.3 is 5.97 Å². The van der Waals surface area contributed by atoms with Crippen LogP contribution in [0.3, 0.4) is 0 Å². The van der Waals surface area contributed by atoms with Gasteiger partial charge < -0.3 is 15.2 Å². The first-order valence-corrected chi connectivity index (χ1v) is 4.99.